The van der Waals surface area contributed by atoms with Crippen molar-refractivity contribution < 1.29 is 18.4 Å². The Morgan fingerprint density at radius 3 is 3.08 bits per heavy atom. The maximum Gasteiger partial charge on any atom is 0.202 e. The van der Waals surface area contributed by atoms with Gasteiger partial charge in [-0.25, -0.2) is 23.1 Å². The molecule has 1 aliphatic carbocycles. The van der Waals surface area contributed by atoms with Crippen molar-refractivity contribution in [2.45, 2.75) is 18.9 Å². The van der Waals surface area contributed by atoms with Crippen LogP contribution in [0, 0.1) is 10.6 Å². The van der Waals surface area contributed by atoms with Crippen LogP contribution in [0.1, 0.15) is 29.3 Å². The monoisotopic (exact) mass is 383 g/mol. The summed E-state index contributed by atoms with van der Waals surface area (Å²) >= 11 is 0. The quantitative estimate of drug-likeness (QED) is 0.156. The number of halogens is 1. The molecule has 0 amide bonds. The highest BCUT2D eigenvalue weighted by atomic mass is 32.2. The van der Waals surface area contributed by atoms with Gasteiger partial charge in [0.25, 0.3) is 0 Å². The lowest BCUT2D eigenvalue weighted by atomic mass is 9.83. The van der Waals surface area contributed by atoms with Gasteiger partial charge in [-0.1, -0.05) is 11.2 Å². The van der Waals surface area contributed by atoms with E-state index in [1.165, 1.54) is 12.1 Å². The Labute approximate surface area is 148 Å². The zero-order chi connectivity index (χ0) is 18.7. The van der Waals surface area contributed by atoms with Gasteiger partial charge in [0.15, 0.2) is 11.5 Å². The number of fused-ring (bicyclic) bond motifs is 1. The van der Waals surface area contributed by atoms with E-state index in [4.69, 9.17) is 9.92 Å². The van der Waals surface area contributed by atoms with Crippen LogP contribution >= 0.6 is 0 Å². The van der Waals surface area contributed by atoms with Gasteiger partial charge in [-0.2, -0.15) is 0 Å². The number of hydrogen-bond donors (Lipinski definition) is 5. The van der Waals surface area contributed by atoms with Crippen molar-refractivity contribution in [2.24, 2.45) is 10.3 Å². The first-order valence-corrected chi connectivity index (χ1v) is 9.54. The van der Waals surface area contributed by atoms with Crippen LogP contribution in [0.2, 0.25) is 0 Å². The molecule has 10 nitrogen and oxygen atoms in total. The minimum absolute atomic E-state index is 0.0248. The standard InChI is InChI=1S/C14H18FN7O3S/c15-9-3-2-8-6-11(10(8)7-9)19-14(20-23)12-13(22-25-21-12)18-4-1-5-26(16,17)24/h2-3,7,11,23H,1,4-6H2,(H,18,22)(H,19,20)(H3,16,17,24)/t11-/m0/s1. The summed E-state index contributed by atoms with van der Waals surface area (Å²) in [6.45, 7) is 0.324. The molecule has 6 N–H and O–H groups in total. The summed E-state index contributed by atoms with van der Waals surface area (Å²) < 4.78 is 36.3. The Balaban J connectivity index is 1.64. The molecule has 0 fully saturated rings. The average Bonchev–Trinajstić information content (AvgIpc) is 3.02. The number of amidine groups is 1. The molecule has 2 atom stereocenters. The van der Waals surface area contributed by atoms with E-state index in [0.29, 0.717) is 19.4 Å². The zero-order valence-electron chi connectivity index (χ0n) is 13.6. The maximum atomic E-state index is 13.4. The lowest BCUT2D eigenvalue weighted by Gasteiger charge is -2.31. The van der Waals surface area contributed by atoms with Gasteiger partial charge < -0.3 is 15.8 Å². The van der Waals surface area contributed by atoms with Gasteiger partial charge in [0.2, 0.25) is 5.82 Å². The van der Waals surface area contributed by atoms with E-state index in [2.05, 4.69) is 30.7 Å². The van der Waals surface area contributed by atoms with Crippen molar-refractivity contribution in [3.63, 3.8) is 0 Å². The fourth-order valence-corrected chi connectivity index (χ4v) is 3.24. The molecule has 12 heteroatoms. The molecule has 1 aromatic carbocycles. The van der Waals surface area contributed by atoms with Gasteiger partial charge in [-0.05, 0) is 46.4 Å². The SMILES string of the molecule is N=S(N)(=O)CCCNc1nonc1/C(=N\O)N[C@H]1Cc2ccc(F)cc21. The molecule has 0 radical (unpaired) electrons. The summed E-state index contributed by atoms with van der Waals surface area (Å²) in [5.74, 6) is -0.0621. The molecule has 0 saturated heterocycles. The van der Waals surface area contributed by atoms with Gasteiger partial charge in [0.1, 0.15) is 15.7 Å². The number of oxime groups is 1. The molecular formula is C14H18FN7O3S. The molecule has 2 aromatic rings. The minimum Gasteiger partial charge on any atom is -0.409 e. The molecule has 1 unspecified atom stereocenters. The summed E-state index contributed by atoms with van der Waals surface area (Å²) in [5, 5.41) is 30.9. The summed E-state index contributed by atoms with van der Waals surface area (Å²) in [6, 6.07) is 4.32. The molecule has 0 bridgehead atoms. The molecule has 1 aliphatic rings. The second kappa shape index (κ2) is 7.25. The molecular weight excluding hydrogens is 365 g/mol. The predicted molar refractivity (Wildman–Crippen MR) is 91.6 cm³/mol. The smallest absolute Gasteiger partial charge is 0.202 e. The van der Waals surface area contributed by atoms with Crippen LogP contribution in [0.25, 0.3) is 0 Å². The topological polar surface area (TPSA) is 163 Å². The highest BCUT2D eigenvalue weighted by molar-refractivity contribution is 7.90. The van der Waals surface area contributed by atoms with Crippen LogP contribution < -0.4 is 15.8 Å². The van der Waals surface area contributed by atoms with Gasteiger partial charge in [0, 0.05) is 12.3 Å². The van der Waals surface area contributed by atoms with E-state index < -0.39 is 9.92 Å². The molecule has 0 saturated carbocycles. The molecule has 0 aliphatic heterocycles. The summed E-state index contributed by atoms with van der Waals surface area (Å²) in [7, 11) is -3.05. The molecule has 0 spiro atoms. The van der Waals surface area contributed by atoms with Gasteiger partial charge in [-0.15, -0.1) is 0 Å². The molecule has 26 heavy (non-hydrogen) atoms. The third-order valence-electron chi connectivity index (χ3n) is 3.95. The second-order valence-electron chi connectivity index (χ2n) is 5.86. The number of aromatic nitrogens is 2. The van der Waals surface area contributed by atoms with Crippen LogP contribution in [0.15, 0.2) is 28.0 Å². The van der Waals surface area contributed by atoms with E-state index in [-0.39, 0.29) is 35.0 Å². The molecule has 1 heterocycles. The number of anilines is 1. The van der Waals surface area contributed by atoms with Crippen molar-refractivity contribution >= 4 is 21.6 Å². The van der Waals surface area contributed by atoms with Crippen molar-refractivity contribution in [2.75, 3.05) is 17.6 Å². The second-order valence-corrected chi connectivity index (χ2v) is 7.73. The normalized spacial score (nSPS) is 18.5. The van der Waals surface area contributed by atoms with Crippen LogP contribution in [-0.4, -0.2) is 37.9 Å². The van der Waals surface area contributed by atoms with Crippen LogP contribution in [0.5, 0.6) is 0 Å². The Kier molecular flexibility index (Phi) is 5.04. The number of benzene rings is 1. The zero-order valence-corrected chi connectivity index (χ0v) is 14.4. The van der Waals surface area contributed by atoms with Crippen molar-refractivity contribution in [1.29, 1.82) is 4.78 Å². The Morgan fingerprint density at radius 1 is 1.54 bits per heavy atom. The van der Waals surface area contributed by atoms with E-state index in [1.807, 2.05) is 0 Å². The van der Waals surface area contributed by atoms with Gasteiger partial charge in [0.05, 0.1) is 6.04 Å². The molecule has 140 valence electrons. The fraction of sp³-hybridized carbons (Fsp3) is 0.357. The molecule has 1 aromatic heterocycles. The van der Waals surface area contributed by atoms with E-state index >= 15 is 0 Å². The average molecular weight is 383 g/mol. The summed E-state index contributed by atoms with van der Waals surface area (Å²) in [5.41, 5.74) is 1.94. The van der Waals surface area contributed by atoms with Gasteiger partial charge >= 0.3 is 0 Å². The first-order valence-electron chi connectivity index (χ1n) is 7.75. The van der Waals surface area contributed by atoms with Gasteiger partial charge in [-0.3, -0.25) is 0 Å². The first-order chi connectivity index (χ1) is 12.4. The number of nitrogens with one attached hydrogen (secondary N) is 3. The Hall–Kier alpha value is -2.73. The van der Waals surface area contributed by atoms with E-state index in [1.54, 1.807) is 6.07 Å². The maximum absolute atomic E-state index is 13.4. The minimum atomic E-state index is -3.05. The lowest BCUT2D eigenvalue weighted by molar-refractivity contribution is 0.303. The third-order valence-corrected chi connectivity index (χ3v) is 4.84. The highest BCUT2D eigenvalue weighted by Gasteiger charge is 2.29. The number of rotatable bonds is 7. The van der Waals surface area contributed by atoms with Crippen LogP contribution in [0.3, 0.4) is 0 Å². The first kappa shape index (κ1) is 18.1. The van der Waals surface area contributed by atoms with Crippen LogP contribution in [-0.2, 0) is 16.3 Å². The summed E-state index contributed by atoms with van der Waals surface area (Å²) in [4.78, 5) is 0. The molecule has 3 rings (SSSR count). The summed E-state index contributed by atoms with van der Waals surface area (Å²) in [6.07, 6.45) is 1.02. The fourth-order valence-electron chi connectivity index (χ4n) is 2.67. The number of nitrogens with zero attached hydrogens (tertiary/aromatic N) is 3. The van der Waals surface area contributed by atoms with E-state index in [0.717, 1.165) is 11.1 Å². The van der Waals surface area contributed by atoms with Crippen molar-refractivity contribution in [1.82, 2.24) is 15.6 Å². The number of nitrogens with two attached hydrogens (primary N) is 1. The third kappa shape index (κ3) is 4.08. The van der Waals surface area contributed by atoms with Crippen molar-refractivity contribution in [3.8, 4) is 0 Å². The predicted octanol–water partition coefficient (Wildman–Crippen LogP) is 0.954. The highest BCUT2D eigenvalue weighted by Crippen LogP contribution is 2.33. The lowest BCUT2D eigenvalue weighted by Crippen LogP contribution is -2.37. The van der Waals surface area contributed by atoms with E-state index in [9.17, 15) is 13.8 Å². The van der Waals surface area contributed by atoms with Crippen LogP contribution in [0.4, 0.5) is 10.2 Å². The number of hydrogen-bond acceptors (Lipinski definition) is 8. The largest absolute Gasteiger partial charge is 0.409 e. The Morgan fingerprint density at radius 2 is 2.35 bits per heavy atom. The Bertz CT molecular complexity index is 928. The van der Waals surface area contributed by atoms with Crippen molar-refractivity contribution in [3.05, 3.63) is 40.8 Å².